The molecule has 0 spiro atoms. The van der Waals surface area contributed by atoms with Crippen LogP contribution < -0.4 is 5.32 Å². The van der Waals surface area contributed by atoms with E-state index in [1.165, 1.54) is 11.8 Å². The first-order valence-electron chi connectivity index (χ1n) is 3.35. The highest BCUT2D eigenvalue weighted by molar-refractivity contribution is 7.99. The smallest absolute Gasteiger partial charge is 0.157 e. The monoisotopic (exact) mass is 169 g/mol. The fraction of sp³-hybridized carbons (Fsp3) is 0.714. The average molecular weight is 169 g/mol. The number of rotatable bonds is 4. The summed E-state index contributed by atoms with van der Waals surface area (Å²) in [6.07, 6.45) is 1.88. The molecule has 0 aliphatic carbocycles. The minimum Gasteiger partial charge on any atom is -0.304 e. The van der Waals surface area contributed by atoms with Gasteiger partial charge in [-0.05, 0) is 12.8 Å². The number of thioether (sulfide) groups is 1. The molecule has 0 aromatic rings. The van der Waals surface area contributed by atoms with E-state index in [4.69, 9.17) is 10.5 Å². The van der Waals surface area contributed by atoms with Gasteiger partial charge in [-0.2, -0.15) is 10.5 Å². The van der Waals surface area contributed by atoms with Crippen molar-refractivity contribution < 1.29 is 0 Å². The highest BCUT2D eigenvalue weighted by Crippen LogP contribution is 2.12. The molecule has 11 heavy (non-hydrogen) atoms. The molecule has 0 radical (unpaired) electrons. The van der Waals surface area contributed by atoms with Crippen LogP contribution in [-0.2, 0) is 0 Å². The maximum absolute atomic E-state index is 8.53. The molecule has 0 saturated carbocycles. The molecule has 0 bridgehead atoms. The Kier molecular flexibility index (Phi) is 5.64. The first-order valence-corrected chi connectivity index (χ1v) is 4.64. The Morgan fingerprint density at radius 1 is 1.45 bits per heavy atom. The van der Waals surface area contributed by atoms with Gasteiger partial charge in [-0.3, -0.25) is 0 Å². The minimum atomic E-state index is -0.551. The van der Waals surface area contributed by atoms with Crippen molar-refractivity contribution in [3.63, 3.8) is 0 Å². The largest absolute Gasteiger partial charge is 0.304 e. The Morgan fingerprint density at radius 3 is 2.27 bits per heavy atom. The molecule has 0 aromatic carbocycles. The van der Waals surface area contributed by atoms with Gasteiger partial charge in [0.15, 0.2) is 5.92 Å². The zero-order valence-electron chi connectivity index (χ0n) is 6.66. The molecular weight excluding hydrogens is 158 g/mol. The van der Waals surface area contributed by atoms with Gasteiger partial charge < -0.3 is 5.32 Å². The van der Waals surface area contributed by atoms with Crippen molar-refractivity contribution in [2.24, 2.45) is 5.92 Å². The van der Waals surface area contributed by atoms with Crippen LogP contribution in [0.3, 0.4) is 0 Å². The second kappa shape index (κ2) is 6.03. The standard InChI is InChI=1S/C7H11N3S/c1-3-10-7(11-2)6(4-8)5-9/h6-7,10H,3H2,1-2H3. The lowest BCUT2D eigenvalue weighted by atomic mass is 10.2. The van der Waals surface area contributed by atoms with Crippen LogP contribution in [0.1, 0.15) is 6.92 Å². The summed E-state index contributed by atoms with van der Waals surface area (Å²) in [6.45, 7) is 2.74. The van der Waals surface area contributed by atoms with Crippen LogP contribution in [0.15, 0.2) is 0 Å². The van der Waals surface area contributed by atoms with Crippen molar-refractivity contribution in [1.29, 1.82) is 10.5 Å². The van der Waals surface area contributed by atoms with Gasteiger partial charge in [-0.1, -0.05) is 6.92 Å². The van der Waals surface area contributed by atoms with Crippen LogP contribution in [0, 0.1) is 28.6 Å². The van der Waals surface area contributed by atoms with Gasteiger partial charge in [0.05, 0.1) is 17.5 Å². The number of nitrogens with one attached hydrogen (secondary N) is 1. The number of hydrogen-bond acceptors (Lipinski definition) is 4. The Morgan fingerprint density at radius 2 is 2.00 bits per heavy atom. The Labute approximate surface area is 71.4 Å². The lowest BCUT2D eigenvalue weighted by molar-refractivity contribution is 0.622. The van der Waals surface area contributed by atoms with Gasteiger partial charge in [0, 0.05) is 0 Å². The topological polar surface area (TPSA) is 59.6 Å². The van der Waals surface area contributed by atoms with Crippen LogP contribution in [-0.4, -0.2) is 18.2 Å². The first kappa shape index (κ1) is 10.3. The molecule has 0 amide bonds. The van der Waals surface area contributed by atoms with E-state index in [-0.39, 0.29) is 5.37 Å². The fourth-order valence-electron chi connectivity index (χ4n) is 0.703. The molecule has 0 aliphatic heterocycles. The lowest BCUT2D eigenvalue weighted by Crippen LogP contribution is -2.31. The summed E-state index contributed by atoms with van der Waals surface area (Å²) >= 11 is 1.50. The van der Waals surface area contributed by atoms with E-state index >= 15 is 0 Å². The van der Waals surface area contributed by atoms with E-state index in [1.54, 1.807) is 0 Å². The fourth-order valence-corrected chi connectivity index (χ4v) is 1.43. The van der Waals surface area contributed by atoms with Crippen LogP contribution in [0.5, 0.6) is 0 Å². The minimum absolute atomic E-state index is 0.0602. The zero-order chi connectivity index (χ0) is 8.69. The molecule has 0 fully saturated rings. The van der Waals surface area contributed by atoms with Crippen LogP contribution in [0.2, 0.25) is 0 Å². The third kappa shape index (κ3) is 3.27. The molecule has 1 atom stereocenters. The van der Waals surface area contributed by atoms with Gasteiger partial charge in [0.2, 0.25) is 0 Å². The average Bonchev–Trinajstić information content (AvgIpc) is 2.05. The highest BCUT2D eigenvalue weighted by atomic mass is 32.2. The lowest BCUT2D eigenvalue weighted by Gasteiger charge is -2.14. The van der Waals surface area contributed by atoms with E-state index in [1.807, 2.05) is 25.3 Å². The number of hydrogen-bond donors (Lipinski definition) is 1. The summed E-state index contributed by atoms with van der Waals surface area (Å²) in [5.41, 5.74) is 0. The maximum Gasteiger partial charge on any atom is 0.157 e. The van der Waals surface area contributed by atoms with Crippen molar-refractivity contribution in [3.05, 3.63) is 0 Å². The zero-order valence-corrected chi connectivity index (χ0v) is 7.48. The summed E-state index contributed by atoms with van der Waals surface area (Å²) in [6, 6.07) is 3.89. The van der Waals surface area contributed by atoms with Crippen molar-refractivity contribution in [1.82, 2.24) is 5.32 Å². The maximum atomic E-state index is 8.53. The normalized spacial score (nSPS) is 12.1. The van der Waals surface area contributed by atoms with Crippen molar-refractivity contribution in [2.45, 2.75) is 12.3 Å². The molecule has 3 nitrogen and oxygen atoms in total. The summed E-state index contributed by atoms with van der Waals surface area (Å²) < 4.78 is 0. The molecule has 0 aliphatic rings. The van der Waals surface area contributed by atoms with E-state index in [0.29, 0.717) is 0 Å². The summed E-state index contributed by atoms with van der Waals surface area (Å²) in [5, 5.41) is 20.0. The van der Waals surface area contributed by atoms with Crippen LogP contribution >= 0.6 is 11.8 Å². The van der Waals surface area contributed by atoms with Crippen molar-refractivity contribution >= 4 is 11.8 Å². The van der Waals surface area contributed by atoms with E-state index in [0.717, 1.165) is 6.54 Å². The molecular formula is C7H11N3S. The Hall–Kier alpha value is -0.710. The van der Waals surface area contributed by atoms with E-state index in [9.17, 15) is 0 Å². The summed E-state index contributed by atoms with van der Waals surface area (Å²) in [7, 11) is 0. The molecule has 0 heterocycles. The summed E-state index contributed by atoms with van der Waals surface area (Å²) in [4.78, 5) is 0. The van der Waals surface area contributed by atoms with E-state index in [2.05, 4.69) is 5.32 Å². The highest BCUT2D eigenvalue weighted by Gasteiger charge is 2.17. The SMILES string of the molecule is CCNC(SC)C(C#N)C#N. The van der Waals surface area contributed by atoms with Gasteiger partial charge >= 0.3 is 0 Å². The number of nitrogens with zero attached hydrogens (tertiary/aromatic N) is 2. The molecule has 1 unspecified atom stereocenters. The predicted octanol–water partition coefficient (Wildman–Crippen LogP) is 0.948. The van der Waals surface area contributed by atoms with Gasteiger partial charge in [0.25, 0.3) is 0 Å². The second-order valence-corrected chi connectivity index (χ2v) is 2.93. The van der Waals surface area contributed by atoms with Gasteiger partial charge in [-0.25, -0.2) is 0 Å². The van der Waals surface area contributed by atoms with Gasteiger partial charge in [-0.15, -0.1) is 11.8 Å². The Balaban J connectivity index is 4.03. The Bertz CT molecular complexity index is 165. The molecule has 0 saturated heterocycles. The quantitative estimate of drug-likeness (QED) is 0.636. The third-order valence-corrected chi connectivity index (χ3v) is 2.19. The number of nitriles is 2. The molecule has 0 aromatic heterocycles. The first-order chi connectivity index (χ1) is 5.29. The molecule has 0 rings (SSSR count). The predicted molar refractivity (Wildman–Crippen MR) is 45.7 cm³/mol. The summed E-state index contributed by atoms with van der Waals surface area (Å²) in [5.74, 6) is -0.551. The second-order valence-electron chi connectivity index (χ2n) is 1.95. The molecule has 4 heteroatoms. The third-order valence-electron chi connectivity index (χ3n) is 1.24. The van der Waals surface area contributed by atoms with Gasteiger partial charge in [0.1, 0.15) is 0 Å². The van der Waals surface area contributed by atoms with Crippen molar-refractivity contribution in [3.8, 4) is 12.1 Å². The molecule has 60 valence electrons. The van der Waals surface area contributed by atoms with Crippen LogP contribution in [0.4, 0.5) is 0 Å². The van der Waals surface area contributed by atoms with Crippen molar-refractivity contribution in [2.75, 3.05) is 12.8 Å². The molecule has 1 N–H and O–H groups in total. The van der Waals surface area contributed by atoms with E-state index < -0.39 is 5.92 Å². The van der Waals surface area contributed by atoms with Crippen LogP contribution in [0.25, 0.3) is 0 Å².